The molecule has 1 aromatic heterocycles. The Morgan fingerprint density at radius 3 is 2.44 bits per heavy atom. The number of thiazole rings is 1. The van der Waals surface area contributed by atoms with Gasteiger partial charge in [0.2, 0.25) is 4.34 Å². The summed E-state index contributed by atoms with van der Waals surface area (Å²) in [7, 11) is -3.98. The molecule has 1 aliphatic heterocycles. The second kappa shape index (κ2) is 9.88. The first kappa shape index (κ1) is 24.2. The first-order valence-electron chi connectivity index (χ1n) is 11.4. The van der Waals surface area contributed by atoms with E-state index in [0.717, 1.165) is 34.1 Å². The van der Waals surface area contributed by atoms with Crippen molar-refractivity contribution in [1.82, 2.24) is 4.98 Å². The second-order valence-corrected chi connectivity index (χ2v) is 11.4. The number of carbonyl (C=O) groups is 1. The molecule has 1 aliphatic rings. The largest absolute Gasteiger partial charge is 0.487 e. The number of sulfonamides is 1. The third kappa shape index (κ3) is 4.92. The Balaban J connectivity index is 1.56. The van der Waals surface area contributed by atoms with Crippen LogP contribution in [-0.2, 0) is 21.4 Å². The van der Waals surface area contributed by atoms with Crippen LogP contribution in [0.4, 0.5) is 5.69 Å². The molecule has 1 atom stereocenters. The number of rotatable bonds is 9. The molecule has 5 rings (SSSR count). The summed E-state index contributed by atoms with van der Waals surface area (Å²) in [5.74, 6) is -0.608. The lowest BCUT2D eigenvalue weighted by Gasteiger charge is -2.33. The molecule has 2 heterocycles. The van der Waals surface area contributed by atoms with Crippen LogP contribution in [0.3, 0.4) is 0 Å². The van der Waals surface area contributed by atoms with Gasteiger partial charge in [0, 0.05) is 17.7 Å². The smallest absolute Gasteiger partial charge is 0.335 e. The number of carboxylic acids is 1. The first-order chi connectivity index (χ1) is 17.3. The van der Waals surface area contributed by atoms with Crippen molar-refractivity contribution in [3.63, 3.8) is 0 Å². The molecular formula is C26H24N2O6S2. The van der Waals surface area contributed by atoms with Crippen molar-refractivity contribution >= 4 is 43.8 Å². The van der Waals surface area contributed by atoms with Crippen molar-refractivity contribution in [3.05, 3.63) is 82.9 Å². The zero-order valence-electron chi connectivity index (χ0n) is 19.5. The third-order valence-corrected chi connectivity index (χ3v) is 9.09. The third-order valence-electron chi connectivity index (χ3n) is 5.96. The second-order valence-electron chi connectivity index (χ2n) is 8.53. The number of ether oxygens (including phenoxy) is 2. The molecule has 36 heavy (non-hydrogen) atoms. The number of aromatic carboxylic acids is 1. The number of fused-ring (bicyclic) bond motifs is 1. The van der Waals surface area contributed by atoms with Crippen LogP contribution >= 0.6 is 11.3 Å². The summed E-state index contributed by atoms with van der Waals surface area (Å²) < 4.78 is 40.7. The van der Waals surface area contributed by atoms with E-state index in [2.05, 4.69) is 4.98 Å². The Hall–Kier alpha value is -3.47. The molecule has 0 bridgehead atoms. The van der Waals surface area contributed by atoms with Crippen LogP contribution in [-0.4, -0.2) is 43.7 Å². The van der Waals surface area contributed by atoms with Gasteiger partial charge in [-0.15, -0.1) is 11.3 Å². The van der Waals surface area contributed by atoms with Crippen LogP contribution in [0.2, 0.25) is 0 Å². The van der Waals surface area contributed by atoms with Crippen molar-refractivity contribution < 1.29 is 27.8 Å². The lowest BCUT2D eigenvalue weighted by atomic mass is 10.1. The van der Waals surface area contributed by atoms with E-state index in [-0.39, 0.29) is 29.2 Å². The minimum atomic E-state index is -3.98. The van der Waals surface area contributed by atoms with Crippen LogP contribution in [0.5, 0.6) is 5.75 Å². The highest BCUT2D eigenvalue weighted by molar-refractivity contribution is 7.94. The van der Waals surface area contributed by atoms with Gasteiger partial charge in [-0.05, 0) is 53.9 Å². The maximum absolute atomic E-state index is 13.8. The number of aromatic nitrogens is 1. The van der Waals surface area contributed by atoms with Crippen molar-refractivity contribution in [1.29, 1.82) is 0 Å². The number of aryl methyl sites for hydroxylation is 1. The highest BCUT2D eigenvalue weighted by atomic mass is 32.2. The molecule has 10 heteroatoms. The summed E-state index contributed by atoms with van der Waals surface area (Å²) in [5.41, 5.74) is 1.98. The average molecular weight is 525 g/mol. The van der Waals surface area contributed by atoms with Crippen LogP contribution in [0.15, 0.2) is 70.4 Å². The Labute approximate surface area is 212 Å². The molecule has 0 amide bonds. The highest BCUT2D eigenvalue weighted by Crippen LogP contribution is 2.38. The number of hydrogen-bond donors (Lipinski definition) is 1. The van der Waals surface area contributed by atoms with Gasteiger partial charge in [0.25, 0.3) is 10.0 Å². The summed E-state index contributed by atoms with van der Waals surface area (Å²) in [4.78, 5) is 15.4. The number of hydrogen-bond acceptors (Lipinski definition) is 7. The Morgan fingerprint density at radius 2 is 1.86 bits per heavy atom. The van der Waals surface area contributed by atoms with Gasteiger partial charge in [-0.3, -0.25) is 4.31 Å². The molecule has 0 aliphatic carbocycles. The van der Waals surface area contributed by atoms with E-state index < -0.39 is 16.0 Å². The van der Waals surface area contributed by atoms with Gasteiger partial charge in [-0.25, -0.2) is 9.78 Å². The molecule has 1 unspecified atom stereocenters. The molecule has 0 saturated carbocycles. The molecule has 186 valence electrons. The van der Waals surface area contributed by atoms with Crippen LogP contribution in [0.25, 0.3) is 10.8 Å². The fourth-order valence-corrected chi connectivity index (χ4v) is 6.54. The van der Waals surface area contributed by atoms with Gasteiger partial charge >= 0.3 is 5.97 Å². The minimum absolute atomic E-state index is 0.0164. The molecule has 3 aromatic carbocycles. The highest BCUT2D eigenvalue weighted by Gasteiger charge is 2.34. The number of anilines is 1. The van der Waals surface area contributed by atoms with Gasteiger partial charge < -0.3 is 14.6 Å². The molecule has 1 saturated heterocycles. The van der Waals surface area contributed by atoms with Crippen molar-refractivity contribution in [2.24, 2.45) is 0 Å². The average Bonchev–Trinajstić information content (AvgIpc) is 3.29. The normalized spacial score (nSPS) is 15.4. The van der Waals surface area contributed by atoms with E-state index in [1.807, 2.05) is 36.4 Å². The summed E-state index contributed by atoms with van der Waals surface area (Å²) in [6.07, 6.45) is 0.548. The minimum Gasteiger partial charge on any atom is -0.487 e. The SMILES string of the molecule is Cc1csc(S(=O)(=O)N(CC2CCO2)c2cc3ccccc3cc2OCc2ccc(C(=O)O)cc2)n1. The van der Waals surface area contributed by atoms with E-state index >= 15 is 0 Å². The van der Waals surface area contributed by atoms with Gasteiger partial charge in [-0.2, -0.15) is 8.42 Å². The summed E-state index contributed by atoms with van der Waals surface area (Å²) >= 11 is 1.09. The zero-order chi connectivity index (χ0) is 25.3. The van der Waals surface area contributed by atoms with Crippen molar-refractivity contribution in [3.8, 4) is 5.75 Å². The van der Waals surface area contributed by atoms with E-state index in [9.17, 15) is 13.2 Å². The fourth-order valence-electron chi connectivity index (χ4n) is 3.91. The van der Waals surface area contributed by atoms with Gasteiger partial charge in [0.15, 0.2) is 0 Å². The standard InChI is InChI=1S/C26H24N2O6S2/c1-17-16-35-26(27-17)36(31,32)28(14-22-10-11-33-22)23-12-20-4-2-3-5-21(20)13-24(23)34-15-18-6-8-19(9-7-18)25(29)30/h2-9,12-13,16,22H,10-11,14-15H2,1H3,(H,29,30). The lowest BCUT2D eigenvalue weighted by molar-refractivity contribution is -0.0428. The fraction of sp³-hybridized carbons (Fsp3) is 0.231. The lowest BCUT2D eigenvalue weighted by Crippen LogP contribution is -2.43. The maximum atomic E-state index is 13.8. The first-order valence-corrected chi connectivity index (χ1v) is 13.7. The van der Waals surface area contributed by atoms with E-state index in [1.54, 1.807) is 24.4 Å². The topological polar surface area (TPSA) is 106 Å². The molecule has 1 N–H and O–H groups in total. The summed E-state index contributed by atoms with van der Waals surface area (Å²) in [5, 5.41) is 12.6. The number of benzene rings is 3. The van der Waals surface area contributed by atoms with E-state index in [4.69, 9.17) is 14.6 Å². The Bertz CT molecular complexity index is 1510. The van der Waals surface area contributed by atoms with Crippen LogP contribution in [0.1, 0.15) is 28.0 Å². The Morgan fingerprint density at radius 1 is 1.17 bits per heavy atom. The zero-order valence-corrected chi connectivity index (χ0v) is 21.1. The Kier molecular flexibility index (Phi) is 6.65. The van der Waals surface area contributed by atoms with Gasteiger partial charge in [-0.1, -0.05) is 36.4 Å². The van der Waals surface area contributed by atoms with Crippen LogP contribution < -0.4 is 9.04 Å². The summed E-state index contributed by atoms with van der Waals surface area (Å²) in [6, 6.07) is 17.7. The monoisotopic (exact) mass is 524 g/mol. The summed E-state index contributed by atoms with van der Waals surface area (Å²) in [6.45, 7) is 2.63. The molecule has 4 aromatic rings. The maximum Gasteiger partial charge on any atom is 0.335 e. The van der Waals surface area contributed by atoms with Crippen LogP contribution in [0, 0.1) is 6.92 Å². The van der Waals surface area contributed by atoms with E-state index in [0.29, 0.717) is 23.7 Å². The predicted molar refractivity (Wildman–Crippen MR) is 137 cm³/mol. The van der Waals surface area contributed by atoms with E-state index in [1.165, 1.54) is 16.4 Å². The predicted octanol–water partition coefficient (Wildman–Crippen LogP) is 4.87. The molecular weight excluding hydrogens is 500 g/mol. The number of carboxylic acid groups (broad SMARTS) is 1. The molecule has 0 spiro atoms. The number of nitrogens with zero attached hydrogens (tertiary/aromatic N) is 2. The van der Waals surface area contributed by atoms with Crippen molar-refractivity contribution in [2.45, 2.75) is 30.4 Å². The van der Waals surface area contributed by atoms with Gasteiger partial charge in [0.05, 0.1) is 23.9 Å². The molecule has 0 radical (unpaired) electrons. The van der Waals surface area contributed by atoms with Crippen molar-refractivity contribution in [2.75, 3.05) is 17.5 Å². The molecule has 8 nitrogen and oxygen atoms in total. The molecule has 1 fully saturated rings. The quantitative estimate of drug-likeness (QED) is 0.333. The van der Waals surface area contributed by atoms with Gasteiger partial charge in [0.1, 0.15) is 12.4 Å².